The van der Waals surface area contributed by atoms with Crippen LogP contribution in [0.25, 0.3) is 0 Å². The first-order valence-corrected chi connectivity index (χ1v) is 12.3. The molecule has 1 aliphatic carbocycles. The maximum absolute atomic E-state index is 14.1. The first-order valence-electron chi connectivity index (χ1n) is 12.3. The molecule has 206 valence electrons. The molecule has 2 fully saturated rings. The number of halogens is 4. The third-order valence-electron chi connectivity index (χ3n) is 7.85. The topological polar surface area (TPSA) is 81.3 Å². The highest BCUT2D eigenvalue weighted by Gasteiger charge is 2.54. The average Bonchev–Trinajstić information content (AvgIpc) is 3.20. The second-order valence-corrected chi connectivity index (χ2v) is 9.94. The summed E-state index contributed by atoms with van der Waals surface area (Å²) in [5.41, 5.74) is 0.158. The Morgan fingerprint density at radius 1 is 1.05 bits per heavy atom. The molecule has 5 rings (SSSR count). The van der Waals surface area contributed by atoms with Crippen molar-refractivity contribution >= 4 is 11.7 Å². The molecule has 0 radical (unpaired) electrons. The highest BCUT2D eigenvalue weighted by molar-refractivity contribution is 5.89. The van der Waals surface area contributed by atoms with Crippen molar-refractivity contribution in [2.75, 3.05) is 33.1 Å². The molecule has 2 amide bonds. The van der Waals surface area contributed by atoms with E-state index in [1.165, 1.54) is 6.07 Å². The normalized spacial score (nSPS) is 27.4. The smallest absolute Gasteiger partial charge is 0.493 e. The van der Waals surface area contributed by atoms with Crippen molar-refractivity contribution in [1.29, 1.82) is 0 Å². The minimum Gasteiger partial charge on any atom is -0.493 e. The molecule has 0 spiro atoms. The fourth-order valence-electron chi connectivity index (χ4n) is 6.02. The molecule has 1 saturated heterocycles. The van der Waals surface area contributed by atoms with Gasteiger partial charge in [0.15, 0.2) is 11.5 Å². The summed E-state index contributed by atoms with van der Waals surface area (Å²) in [4.78, 5) is 15.0. The number of methoxy groups -OCH3 is 2. The second-order valence-electron chi connectivity index (χ2n) is 9.94. The van der Waals surface area contributed by atoms with Gasteiger partial charge in [-0.25, -0.2) is 9.53 Å². The van der Waals surface area contributed by atoms with E-state index in [4.69, 9.17) is 9.47 Å². The number of rotatable bonds is 5. The summed E-state index contributed by atoms with van der Waals surface area (Å²) in [5.74, 6) is 0.608. The van der Waals surface area contributed by atoms with Crippen molar-refractivity contribution in [2.45, 2.75) is 55.6 Å². The molecule has 0 aromatic heterocycles. The third kappa shape index (κ3) is 4.71. The summed E-state index contributed by atoms with van der Waals surface area (Å²) in [6.07, 6.45) is -5.54. The van der Waals surface area contributed by atoms with Crippen LogP contribution in [0.3, 0.4) is 0 Å². The van der Waals surface area contributed by atoms with E-state index >= 15 is 0 Å². The Balaban J connectivity index is 1.28. The van der Waals surface area contributed by atoms with E-state index in [1.807, 2.05) is 12.1 Å². The molecule has 2 heterocycles. The summed E-state index contributed by atoms with van der Waals surface area (Å²) in [7, 11) is 5.27. The van der Waals surface area contributed by atoms with Crippen LogP contribution in [0.4, 0.5) is 28.0 Å². The zero-order valence-corrected chi connectivity index (χ0v) is 21.2. The average molecular weight is 540 g/mol. The number of likely N-dealkylation sites (tertiary alicyclic amines) is 1. The highest BCUT2D eigenvalue weighted by Crippen LogP contribution is 2.50. The molecule has 3 atom stereocenters. The van der Waals surface area contributed by atoms with Gasteiger partial charge in [0.25, 0.3) is 0 Å². The summed E-state index contributed by atoms with van der Waals surface area (Å²) < 4.78 is 73.2. The van der Waals surface area contributed by atoms with Crippen molar-refractivity contribution in [3.63, 3.8) is 0 Å². The predicted octanol–water partition coefficient (Wildman–Crippen LogP) is 5.03. The van der Waals surface area contributed by atoms with Crippen molar-refractivity contribution in [3.05, 3.63) is 47.5 Å². The molecule has 0 unspecified atom stereocenters. The minimum atomic E-state index is -4.45. The van der Waals surface area contributed by atoms with Crippen LogP contribution in [0.2, 0.25) is 0 Å². The van der Waals surface area contributed by atoms with Crippen LogP contribution in [0, 0.1) is 0 Å². The van der Waals surface area contributed by atoms with E-state index in [0.717, 1.165) is 37.1 Å². The number of hydrogen-bond acceptors (Lipinski definition) is 6. The lowest BCUT2D eigenvalue weighted by atomic mass is 9.65. The molecule has 12 heteroatoms. The number of amides is 2. The maximum atomic E-state index is 14.1. The molecule has 2 aromatic carbocycles. The van der Waals surface area contributed by atoms with Gasteiger partial charge in [0.2, 0.25) is 0 Å². The van der Waals surface area contributed by atoms with E-state index in [0.29, 0.717) is 24.3 Å². The first kappa shape index (κ1) is 26.4. The van der Waals surface area contributed by atoms with Crippen LogP contribution in [0.5, 0.6) is 17.2 Å². The molecule has 2 aliphatic heterocycles. The molecule has 2 N–H and O–H groups in total. The molecule has 38 heavy (non-hydrogen) atoms. The minimum absolute atomic E-state index is 0.00758. The van der Waals surface area contributed by atoms with Gasteiger partial charge in [0.1, 0.15) is 5.75 Å². The van der Waals surface area contributed by atoms with E-state index in [9.17, 15) is 22.4 Å². The number of likely N-dealkylation sites (N-methyl/N-ethyl adjacent to an activating group) is 1. The monoisotopic (exact) mass is 539 g/mol. The number of alkyl halides is 4. The summed E-state index contributed by atoms with van der Waals surface area (Å²) in [6.45, 7) is 0.907. The van der Waals surface area contributed by atoms with Crippen LogP contribution < -0.4 is 24.8 Å². The summed E-state index contributed by atoms with van der Waals surface area (Å²) in [6, 6.07) is 8.46. The number of fused-ring (bicyclic) bond motifs is 2. The van der Waals surface area contributed by atoms with Crippen molar-refractivity contribution in [2.24, 2.45) is 0 Å². The largest absolute Gasteiger partial charge is 0.540 e. The first-order chi connectivity index (χ1) is 18.0. The Kier molecular flexibility index (Phi) is 6.59. The molecule has 8 nitrogen and oxygen atoms in total. The van der Waals surface area contributed by atoms with Crippen molar-refractivity contribution < 1.29 is 41.3 Å². The number of nitrogens with zero attached hydrogens (tertiary/aromatic N) is 1. The fraction of sp³-hybridized carbons (Fsp3) is 0.500. The van der Waals surface area contributed by atoms with Gasteiger partial charge in [0.05, 0.1) is 19.8 Å². The number of hydrogen-bond donors (Lipinski definition) is 2. The number of ether oxygens (including phenoxy) is 4. The summed E-state index contributed by atoms with van der Waals surface area (Å²) >= 11 is 0. The number of carbonyl (C=O) groups is 1. The van der Waals surface area contributed by atoms with Crippen LogP contribution in [0.1, 0.15) is 36.8 Å². The molecular formula is C26H29F4N3O5. The standard InChI is InChI=1S/C26H29F4N3O5/c1-33-11-10-24(15-4-6-20(35-2)21(12-15)36-3)9-8-17(14-22(24)33)32-23(34)31-16-5-7-19-18(13-16)25(27,28)38-26(29,30)37-19/h4-7,12-13,17,22H,8-11,14H2,1-3H3,(H2,31,32,34)/t17-,22+,24-/m0/s1. The van der Waals surface area contributed by atoms with E-state index in [-0.39, 0.29) is 23.2 Å². The van der Waals surface area contributed by atoms with Gasteiger partial charge >= 0.3 is 18.4 Å². The van der Waals surface area contributed by atoms with Crippen LogP contribution in [0.15, 0.2) is 36.4 Å². The zero-order chi connectivity index (χ0) is 27.3. The van der Waals surface area contributed by atoms with Crippen molar-refractivity contribution in [1.82, 2.24) is 10.2 Å². The van der Waals surface area contributed by atoms with Gasteiger partial charge in [-0.1, -0.05) is 6.07 Å². The quantitative estimate of drug-likeness (QED) is 0.519. The number of anilines is 1. The zero-order valence-electron chi connectivity index (χ0n) is 21.2. The molecule has 0 bridgehead atoms. The Morgan fingerprint density at radius 3 is 2.55 bits per heavy atom. The lowest BCUT2D eigenvalue weighted by molar-refractivity contribution is -0.461. The van der Waals surface area contributed by atoms with Crippen LogP contribution >= 0.6 is 0 Å². The Bertz CT molecular complexity index is 1230. The Morgan fingerprint density at radius 2 is 1.82 bits per heavy atom. The summed E-state index contributed by atoms with van der Waals surface area (Å²) in [5, 5.41) is 5.44. The van der Waals surface area contributed by atoms with E-state index in [2.05, 4.69) is 38.1 Å². The lowest BCUT2D eigenvalue weighted by Crippen LogP contribution is -2.52. The van der Waals surface area contributed by atoms with Gasteiger partial charge < -0.3 is 29.7 Å². The maximum Gasteiger partial charge on any atom is 0.540 e. The molecule has 3 aliphatic rings. The molecular weight excluding hydrogens is 510 g/mol. The SMILES string of the molecule is COc1ccc([C@@]23CC[C@H](NC(=O)Nc4ccc5c(c4)C(F)(F)OC(F)(F)O5)C[C@H]2N(C)CC3)cc1OC. The second kappa shape index (κ2) is 9.49. The van der Waals surface area contributed by atoms with Gasteiger partial charge in [0, 0.05) is 23.2 Å². The molecule has 1 saturated carbocycles. The number of benzene rings is 2. The lowest BCUT2D eigenvalue weighted by Gasteiger charge is -2.45. The third-order valence-corrected chi connectivity index (χ3v) is 7.85. The van der Waals surface area contributed by atoms with Crippen LogP contribution in [-0.2, 0) is 16.3 Å². The van der Waals surface area contributed by atoms with E-state index in [1.54, 1.807) is 14.2 Å². The number of urea groups is 1. The van der Waals surface area contributed by atoms with E-state index < -0.39 is 29.7 Å². The van der Waals surface area contributed by atoms with Gasteiger partial charge in [-0.2, -0.15) is 8.78 Å². The Hall–Kier alpha value is -3.25. The highest BCUT2D eigenvalue weighted by atomic mass is 19.3. The van der Waals surface area contributed by atoms with Crippen molar-refractivity contribution in [3.8, 4) is 17.2 Å². The van der Waals surface area contributed by atoms with Crippen LogP contribution in [-0.4, -0.2) is 57.1 Å². The molecule has 2 aromatic rings. The van der Waals surface area contributed by atoms with Gasteiger partial charge in [-0.05, 0) is 75.2 Å². The Labute approximate surface area is 217 Å². The fourth-order valence-corrected chi connectivity index (χ4v) is 6.02. The predicted molar refractivity (Wildman–Crippen MR) is 129 cm³/mol. The van der Waals surface area contributed by atoms with Gasteiger partial charge in [-0.15, -0.1) is 8.78 Å². The van der Waals surface area contributed by atoms with Gasteiger partial charge in [-0.3, -0.25) is 0 Å². The number of carbonyl (C=O) groups excluding carboxylic acids is 1. The number of nitrogens with one attached hydrogen (secondary N) is 2.